The molecule has 0 aliphatic rings. The summed E-state index contributed by atoms with van der Waals surface area (Å²) >= 11 is 0. The molecule has 0 spiro atoms. The van der Waals surface area contributed by atoms with Gasteiger partial charge in [0.25, 0.3) is 5.91 Å². The molecule has 0 fully saturated rings. The van der Waals surface area contributed by atoms with Crippen LogP contribution >= 0.6 is 0 Å². The molecule has 0 saturated carbocycles. The molecular formula is C18H17F2NO4. The molecule has 2 aromatic rings. The van der Waals surface area contributed by atoms with Crippen molar-refractivity contribution in [1.29, 1.82) is 0 Å². The van der Waals surface area contributed by atoms with E-state index < -0.39 is 29.6 Å². The number of amides is 1. The first-order valence-corrected chi connectivity index (χ1v) is 7.41. The first-order chi connectivity index (χ1) is 11.9. The third kappa shape index (κ3) is 4.76. The summed E-state index contributed by atoms with van der Waals surface area (Å²) < 4.78 is 36.5. The standard InChI is InChI=1S/C18H17F2NO4/c1-24-16-6-4-3-5-11(16)9-15(18(23)25-2)21-17(22)12-7-13(19)10-14(20)8-12/h3-8,10,15H,9H2,1-2H3,(H,21,22)/t15-/m0/s1. The number of hydrogen-bond donors (Lipinski definition) is 1. The van der Waals surface area contributed by atoms with Crippen LogP contribution in [-0.4, -0.2) is 32.1 Å². The number of carbonyl (C=O) groups excluding carboxylic acids is 2. The molecule has 2 rings (SSSR count). The number of benzene rings is 2. The second-order valence-electron chi connectivity index (χ2n) is 5.22. The fraction of sp³-hybridized carbons (Fsp3) is 0.222. The second kappa shape index (κ2) is 8.23. The van der Waals surface area contributed by atoms with Crippen molar-refractivity contribution < 1.29 is 27.8 Å². The van der Waals surface area contributed by atoms with Gasteiger partial charge in [0.2, 0.25) is 0 Å². The summed E-state index contributed by atoms with van der Waals surface area (Å²) in [7, 11) is 2.67. The van der Waals surface area contributed by atoms with Crippen LogP contribution in [0.4, 0.5) is 8.78 Å². The van der Waals surface area contributed by atoms with E-state index in [1.807, 2.05) is 0 Å². The van der Waals surface area contributed by atoms with Crippen LogP contribution in [0, 0.1) is 11.6 Å². The zero-order valence-electron chi connectivity index (χ0n) is 13.7. The Morgan fingerprint density at radius 2 is 1.72 bits per heavy atom. The van der Waals surface area contributed by atoms with Crippen molar-refractivity contribution in [3.63, 3.8) is 0 Å². The molecule has 5 nitrogen and oxygen atoms in total. The van der Waals surface area contributed by atoms with E-state index in [-0.39, 0.29) is 12.0 Å². The van der Waals surface area contributed by atoms with Crippen molar-refractivity contribution in [2.45, 2.75) is 12.5 Å². The molecule has 25 heavy (non-hydrogen) atoms. The summed E-state index contributed by atoms with van der Waals surface area (Å²) in [6, 6.07) is 8.37. The van der Waals surface area contributed by atoms with E-state index in [0.29, 0.717) is 17.4 Å². The van der Waals surface area contributed by atoms with Gasteiger partial charge >= 0.3 is 5.97 Å². The first kappa shape index (κ1) is 18.4. The minimum absolute atomic E-state index is 0.0974. The number of para-hydroxylation sites is 1. The number of hydrogen-bond acceptors (Lipinski definition) is 4. The van der Waals surface area contributed by atoms with Gasteiger partial charge in [-0.2, -0.15) is 0 Å². The van der Waals surface area contributed by atoms with Crippen molar-refractivity contribution in [2.75, 3.05) is 14.2 Å². The Balaban J connectivity index is 2.23. The zero-order chi connectivity index (χ0) is 18.4. The van der Waals surface area contributed by atoms with Gasteiger partial charge in [-0.1, -0.05) is 18.2 Å². The second-order valence-corrected chi connectivity index (χ2v) is 5.22. The van der Waals surface area contributed by atoms with E-state index in [4.69, 9.17) is 9.47 Å². The molecular weight excluding hydrogens is 332 g/mol. The van der Waals surface area contributed by atoms with Gasteiger partial charge in [-0.05, 0) is 23.8 Å². The topological polar surface area (TPSA) is 64.6 Å². The third-order valence-electron chi connectivity index (χ3n) is 3.53. The lowest BCUT2D eigenvalue weighted by Gasteiger charge is -2.18. The number of esters is 1. The van der Waals surface area contributed by atoms with Crippen molar-refractivity contribution in [3.05, 3.63) is 65.2 Å². The van der Waals surface area contributed by atoms with Crippen LogP contribution < -0.4 is 10.1 Å². The van der Waals surface area contributed by atoms with Crippen molar-refractivity contribution in [3.8, 4) is 5.75 Å². The maximum atomic E-state index is 13.3. The summed E-state index contributed by atoms with van der Waals surface area (Å²) in [5, 5.41) is 2.44. The monoisotopic (exact) mass is 349 g/mol. The van der Waals surface area contributed by atoms with Crippen LogP contribution in [0.1, 0.15) is 15.9 Å². The summed E-state index contributed by atoms with van der Waals surface area (Å²) in [5.41, 5.74) is 0.442. The average molecular weight is 349 g/mol. The van der Waals surface area contributed by atoms with E-state index in [2.05, 4.69) is 5.32 Å². The molecule has 0 bridgehead atoms. The van der Waals surface area contributed by atoms with Crippen LogP contribution in [0.15, 0.2) is 42.5 Å². The van der Waals surface area contributed by atoms with E-state index in [1.165, 1.54) is 14.2 Å². The molecule has 1 atom stereocenters. The third-order valence-corrected chi connectivity index (χ3v) is 3.53. The Morgan fingerprint density at radius 1 is 1.08 bits per heavy atom. The largest absolute Gasteiger partial charge is 0.496 e. The lowest BCUT2D eigenvalue weighted by Crippen LogP contribution is -2.43. The number of halogens is 2. The summed E-state index contributed by atoms with van der Waals surface area (Å²) in [6.45, 7) is 0. The maximum Gasteiger partial charge on any atom is 0.328 e. The number of carbonyl (C=O) groups is 2. The van der Waals surface area contributed by atoms with Crippen LogP contribution in [0.2, 0.25) is 0 Å². The molecule has 132 valence electrons. The van der Waals surface area contributed by atoms with Crippen molar-refractivity contribution in [2.24, 2.45) is 0 Å². The molecule has 1 amide bonds. The van der Waals surface area contributed by atoms with E-state index in [0.717, 1.165) is 12.1 Å². The van der Waals surface area contributed by atoms with E-state index in [1.54, 1.807) is 24.3 Å². The SMILES string of the molecule is COC(=O)[C@H](Cc1ccccc1OC)NC(=O)c1cc(F)cc(F)c1. The Hall–Kier alpha value is -2.96. The quantitative estimate of drug-likeness (QED) is 0.814. The van der Waals surface area contributed by atoms with Gasteiger partial charge in [0, 0.05) is 18.1 Å². The molecule has 1 N–H and O–H groups in total. The fourth-order valence-corrected chi connectivity index (χ4v) is 2.35. The summed E-state index contributed by atoms with van der Waals surface area (Å²) in [5.74, 6) is -2.70. The van der Waals surface area contributed by atoms with Gasteiger partial charge in [0.15, 0.2) is 0 Å². The smallest absolute Gasteiger partial charge is 0.328 e. The van der Waals surface area contributed by atoms with Gasteiger partial charge < -0.3 is 14.8 Å². The molecule has 2 aromatic carbocycles. The normalized spacial score (nSPS) is 11.5. The number of ether oxygens (including phenoxy) is 2. The van der Waals surface area contributed by atoms with Crippen molar-refractivity contribution in [1.82, 2.24) is 5.32 Å². The number of methoxy groups -OCH3 is 2. The predicted molar refractivity (Wildman–Crippen MR) is 86.3 cm³/mol. The Labute approximate surface area is 143 Å². The Bertz CT molecular complexity index is 759. The first-order valence-electron chi connectivity index (χ1n) is 7.41. The fourth-order valence-electron chi connectivity index (χ4n) is 2.35. The summed E-state index contributed by atoms with van der Waals surface area (Å²) in [6.07, 6.45) is 0.0974. The lowest BCUT2D eigenvalue weighted by molar-refractivity contribution is -0.142. The molecule has 0 unspecified atom stereocenters. The lowest BCUT2D eigenvalue weighted by atomic mass is 10.0. The molecule has 0 aliphatic carbocycles. The maximum absolute atomic E-state index is 13.3. The molecule has 0 radical (unpaired) electrons. The van der Waals surface area contributed by atoms with E-state index >= 15 is 0 Å². The molecule has 0 aromatic heterocycles. The highest BCUT2D eigenvalue weighted by Gasteiger charge is 2.24. The summed E-state index contributed by atoms with van der Waals surface area (Å²) in [4.78, 5) is 24.2. The van der Waals surface area contributed by atoms with Gasteiger partial charge in [0.1, 0.15) is 23.4 Å². The Kier molecular flexibility index (Phi) is 6.05. The van der Waals surface area contributed by atoms with Gasteiger partial charge in [0.05, 0.1) is 14.2 Å². The zero-order valence-corrected chi connectivity index (χ0v) is 13.7. The Morgan fingerprint density at radius 3 is 2.32 bits per heavy atom. The molecule has 0 heterocycles. The number of nitrogens with one attached hydrogen (secondary N) is 1. The predicted octanol–water partition coefficient (Wildman–Crippen LogP) is 2.49. The molecule has 0 aliphatic heterocycles. The van der Waals surface area contributed by atoms with Crippen LogP contribution in [-0.2, 0) is 16.0 Å². The number of rotatable bonds is 6. The van der Waals surface area contributed by atoms with Crippen LogP contribution in [0.3, 0.4) is 0 Å². The van der Waals surface area contributed by atoms with Gasteiger partial charge in [-0.3, -0.25) is 4.79 Å². The average Bonchev–Trinajstić information content (AvgIpc) is 2.60. The highest BCUT2D eigenvalue weighted by molar-refractivity contribution is 5.96. The minimum Gasteiger partial charge on any atom is -0.496 e. The molecule has 0 saturated heterocycles. The van der Waals surface area contributed by atoms with Crippen LogP contribution in [0.5, 0.6) is 5.75 Å². The van der Waals surface area contributed by atoms with E-state index in [9.17, 15) is 18.4 Å². The highest BCUT2D eigenvalue weighted by Crippen LogP contribution is 2.19. The minimum atomic E-state index is -1.04. The van der Waals surface area contributed by atoms with Crippen molar-refractivity contribution >= 4 is 11.9 Å². The molecule has 7 heteroatoms. The highest BCUT2D eigenvalue weighted by atomic mass is 19.1. The van der Waals surface area contributed by atoms with Gasteiger partial charge in [-0.25, -0.2) is 13.6 Å². The van der Waals surface area contributed by atoms with Gasteiger partial charge in [-0.15, -0.1) is 0 Å². The van der Waals surface area contributed by atoms with Crippen LogP contribution in [0.25, 0.3) is 0 Å².